The number of hydrogen-bond donors (Lipinski definition) is 1. The van der Waals surface area contributed by atoms with Gasteiger partial charge in [-0.05, 0) is 13.0 Å². The lowest BCUT2D eigenvalue weighted by molar-refractivity contribution is -0.120. The van der Waals surface area contributed by atoms with Crippen molar-refractivity contribution in [3.05, 3.63) is 35.6 Å². The molecule has 14 heavy (non-hydrogen) atoms. The van der Waals surface area contributed by atoms with Crippen LogP contribution < -0.4 is 5.32 Å². The van der Waals surface area contributed by atoms with Crippen molar-refractivity contribution >= 4 is 21.8 Å². The smallest absolute Gasteiger partial charge is 0.233 e. The highest BCUT2D eigenvalue weighted by Crippen LogP contribution is 2.06. The molecule has 0 radical (unpaired) electrons. The van der Waals surface area contributed by atoms with Crippen molar-refractivity contribution in [1.82, 2.24) is 5.32 Å². The average molecular weight is 260 g/mol. The molecule has 2 nitrogen and oxygen atoms in total. The van der Waals surface area contributed by atoms with Crippen molar-refractivity contribution in [1.29, 1.82) is 0 Å². The summed E-state index contributed by atoms with van der Waals surface area (Å²) in [5, 5.41) is 2.61. The van der Waals surface area contributed by atoms with E-state index in [1.54, 1.807) is 25.1 Å². The van der Waals surface area contributed by atoms with Gasteiger partial charge in [-0.15, -0.1) is 0 Å². The molecule has 0 saturated heterocycles. The molecule has 76 valence electrons. The molecule has 0 bridgehead atoms. The van der Waals surface area contributed by atoms with Crippen LogP contribution >= 0.6 is 15.9 Å². The monoisotopic (exact) mass is 259 g/mol. The Balaban J connectivity index is 2.54. The van der Waals surface area contributed by atoms with Gasteiger partial charge in [0, 0.05) is 12.1 Å². The minimum atomic E-state index is -0.296. The third kappa shape index (κ3) is 3.10. The second-order valence-corrected chi connectivity index (χ2v) is 4.30. The van der Waals surface area contributed by atoms with Crippen LogP contribution in [0.2, 0.25) is 0 Å². The number of nitrogens with one attached hydrogen (secondary N) is 1. The molecular weight excluding hydrogens is 249 g/mol. The average Bonchev–Trinajstić information content (AvgIpc) is 2.16. The minimum absolute atomic E-state index is 0.145. The van der Waals surface area contributed by atoms with Crippen molar-refractivity contribution in [2.75, 3.05) is 0 Å². The molecule has 1 aromatic carbocycles. The Labute approximate surface area is 90.6 Å². The van der Waals surface area contributed by atoms with E-state index in [0.29, 0.717) is 5.56 Å². The second kappa shape index (κ2) is 5.10. The molecule has 0 heterocycles. The maximum absolute atomic E-state index is 13.1. The highest BCUT2D eigenvalue weighted by atomic mass is 79.9. The van der Waals surface area contributed by atoms with Crippen molar-refractivity contribution in [2.24, 2.45) is 0 Å². The second-order valence-electron chi connectivity index (χ2n) is 2.93. The lowest BCUT2D eigenvalue weighted by Gasteiger charge is -2.07. The summed E-state index contributed by atoms with van der Waals surface area (Å²) in [6.07, 6.45) is 0. The van der Waals surface area contributed by atoms with Crippen LogP contribution in [0.1, 0.15) is 12.5 Å². The van der Waals surface area contributed by atoms with Crippen molar-refractivity contribution in [3.63, 3.8) is 0 Å². The third-order valence-corrected chi connectivity index (χ3v) is 2.19. The Bertz CT molecular complexity index is 328. The van der Waals surface area contributed by atoms with Crippen LogP contribution in [0.15, 0.2) is 24.3 Å². The molecule has 4 heteroatoms. The van der Waals surface area contributed by atoms with Crippen molar-refractivity contribution < 1.29 is 9.18 Å². The van der Waals surface area contributed by atoms with Gasteiger partial charge in [0.15, 0.2) is 0 Å². The number of benzene rings is 1. The largest absolute Gasteiger partial charge is 0.351 e. The molecule has 0 aliphatic carbocycles. The molecule has 0 fully saturated rings. The molecule has 1 amide bonds. The number of carbonyl (C=O) groups is 1. The summed E-state index contributed by atoms with van der Waals surface area (Å²) in [4.78, 5) is 10.9. The molecule has 1 N–H and O–H groups in total. The third-order valence-electron chi connectivity index (χ3n) is 1.77. The fraction of sp³-hybridized carbons (Fsp3) is 0.300. The normalized spacial score (nSPS) is 12.2. The van der Waals surface area contributed by atoms with E-state index in [4.69, 9.17) is 0 Å². The lowest BCUT2D eigenvalue weighted by atomic mass is 10.2. The summed E-state index contributed by atoms with van der Waals surface area (Å²) in [6, 6.07) is 6.38. The lowest BCUT2D eigenvalue weighted by Crippen LogP contribution is -2.29. The van der Waals surface area contributed by atoms with Gasteiger partial charge in [0.2, 0.25) is 5.91 Å². The van der Waals surface area contributed by atoms with Crippen LogP contribution in [0.4, 0.5) is 4.39 Å². The number of rotatable bonds is 3. The summed E-state index contributed by atoms with van der Waals surface area (Å²) >= 11 is 3.13. The predicted octanol–water partition coefficient (Wildman–Crippen LogP) is 2.23. The SMILES string of the molecule is C[C@H](Br)C(=O)NCc1ccccc1F. The number of hydrogen-bond acceptors (Lipinski definition) is 1. The van der Waals surface area contributed by atoms with Gasteiger partial charge in [-0.2, -0.15) is 0 Å². The summed E-state index contributed by atoms with van der Waals surface area (Å²) in [5.74, 6) is -0.441. The van der Waals surface area contributed by atoms with Gasteiger partial charge in [-0.3, -0.25) is 4.79 Å². The standard InChI is InChI=1S/C10H11BrFNO/c1-7(11)10(14)13-6-8-4-2-3-5-9(8)12/h2-5,7H,6H2,1H3,(H,13,14)/t7-/m0/s1. The van der Waals surface area contributed by atoms with Crippen LogP contribution in [0.3, 0.4) is 0 Å². The molecule has 1 rings (SSSR count). The summed E-state index contributed by atoms with van der Waals surface area (Å²) in [6.45, 7) is 1.94. The zero-order chi connectivity index (χ0) is 10.6. The van der Waals surface area contributed by atoms with Gasteiger partial charge in [0.1, 0.15) is 5.82 Å². The first-order chi connectivity index (χ1) is 6.61. The summed E-state index contributed by atoms with van der Waals surface area (Å²) in [7, 11) is 0. The van der Waals surface area contributed by atoms with Crippen LogP contribution in [-0.2, 0) is 11.3 Å². The Morgan fingerprint density at radius 3 is 2.79 bits per heavy atom. The van der Waals surface area contributed by atoms with Gasteiger partial charge in [-0.25, -0.2) is 4.39 Å². The number of halogens is 2. The maximum Gasteiger partial charge on any atom is 0.233 e. The van der Waals surface area contributed by atoms with Crippen molar-refractivity contribution in [3.8, 4) is 0 Å². The van der Waals surface area contributed by atoms with E-state index >= 15 is 0 Å². The molecular formula is C10H11BrFNO. The Hall–Kier alpha value is -0.900. The molecule has 1 aromatic rings. The van der Waals surface area contributed by atoms with E-state index in [2.05, 4.69) is 21.2 Å². The quantitative estimate of drug-likeness (QED) is 0.829. The molecule has 0 aliphatic rings. The van der Waals surface area contributed by atoms with Crippen LogP contribution in [0.5, 0.6) is 0 Å². The highest BCUT2D eigenvalue weighted by molar-refractivity contribution is 9.10. The first-order valence-corrected chi connectivity index (χ1v) is 5.18. The van der Waals surface area contributed by atoms with E-state index in [9.17, 15) is 9.18 Å². The molecule has 0 saturated carbocycles. The summed E-state index contributed by atoms with van der Waals surface area (Å²) < 4.78 is 13.1. The fourth-order valence-corrected chi connectivity index (χ4v) is 1.13. The van der Waals surface area contributed by atoms with E-state index in [-0.39, 0.29) is 23.1 Å². The summed E-state index contributed by atoms with van der Waals surface area (Å²) in [5.41, 5.74) is 0.494. The Morgan fingerprint density at radius 1 is 1.57 bits per heavy atom. The molecule has 1 atom stereocenters. The maximum atomic E-state index is 13.1. The van der Waals surface area contributed by atoms with Crippen LogP contribution in [0.25, 0.3) is 0 Å². The zero-order valence-corrected chi connectivity index (χ0v) is 9.34. The van der Waals surface area contributed by atoms with Crippen LogP contribution in [0, 0.1) is 5.82 Å². The first kappa shape index (κ1) is 11.2. The minimum Gasteiger partial charge on any atom is -0.351 e. The van der Waals surface area contributed by atoms with Gasteiger partial charge >= 0.3 is 0 Å². The van der Waals surface area contributed by atoms with Gasteiger partial charge in [-0.1, -0.05) is 34.1 Å². The van der Waals surface area contributed by atoms with E-state index < -0.39 is 0 Å². The fourth-order valence-electron chi connectivity index (χ4n) is 0.965. The van der Waals surface area contributed by atoms with Gasteiger partial charge in [0.05, 0.1) is 4.83 Å². The van der Waals surface area contributed by atoms with Gasteiger partial charge < -0.3 is 5.32 Å². The van der Waals surface area contributed by atoms with Gasteiger partial charge in [0.25, 0.3) is 0 Å². The van der Waals surface area contributed by atoms with E-state index in [1.165, 1.54) is 6.07 Å². The molecule has 0 spiro atoms. The van der Waals surface area contributed by atoms with Crippen molar-refractivity contribution in [2.45, 2.75) is 18.3 Å². The molecule has 0 unspecified atom stereocenters. The Kier molecular flexibility index (Phi) is 4.07. The van der Waals surface area contributed by atoms with E-state index in [0.717, 1.165) is 0 Å². The molecule has 0 aliphatic heterocycles. The molecule has 0 aromatic heterocycles. The van der Waals surface area contributed by atoms with Crippen LogP contribution in [-0.4, -0.2) is 10.7 Å². The number of alkyl halides is 1. The first-order valence-electron chi connectivity index (χ1n) is 4.26. The number of amides is 1. The predicted molar refractivity (Wildman–Crippen MR) is 56.6 cm³/mol. The highest BCUT2D eigenvalue weighted by Gasteiger charge is 2.08. The number of carbonyl (C=O) groups excluding carboxylic acids is 1. The van der Waals surface area contributed by atoms with E-state index in [1.807, 2.05) is 0 Å². The zero-order valence-electron chi connectivity index (χ0n) is 7.76. The Morgan fingerprint density at radius 2 is 2.21 bits per heavy atom. The topological polar surface area (TPSA) is 29.1 Å².